The second-order valence-corrected chi connectivity index (χ2v) is 5.74. The number of nitrogens with one attached hydrogen (secondary N) is 1. The number of ketones is 1. The Kier molecular flexibility index (Phi) is 6.54. The summed E-state index contributed by atoms with van der Waals surface area (Å²) in [5.74, 6) is -0.377. The van der Waals surface area contributed by atoms with E-state index in [9.17, 15) is 14.4 Å². The van der Waals surface area contributed by atoms with Gasteiger partial charge in [0, 0.05) is 11.3 Å². The van der Waals surface area contributed by atoms with E-state index in [0.29, 0.717) is 28.3 Å². The standard InChI is InChI=1S/C20H21NO6/c1-12(22)14-6-5-7-16(10-14)21-19(23)13(2)27-17-9-8-15(20(24)26-4)11-18(17)25-3/h5-11,13H,1-4H3,(H,21,23)/t13-/m1/s1. The molecule has 1 amide bonds. The maximum absolute atomic E-state index is 12.4. The molecule has 0 aromatic heterocycles. The van der Waals surface area contributed by atoms with Crippen molar-refractivity contribution in [2.24, 2.45) is 0 Å². The number of hydrogen-bond donors (Lipinski definition) is 1. The van der Waals surface area contributed by atoms with Gasteiger partial charge < -0.3 is 19.5 Å². The summed E-state index contributed by atoms with van der Waals surface area (Å²) >= 11 is 0. The zero-order valence-electron chi connectivity index (χ0n) is 15.6. The number of benzene rings is 2. The van der Waals surface area contributed by atoms with Crippen LogP contribution >= 0.6 is 0 Å². The highest BCUT2D eigenvalue weighted by atomic mass is 16.5. The Morgan fingerprint density at radius 3 is 2.33 bits per heavy atom. The molecular weight excluding hydrogens is 350 g/mol. The Morgan fingerprint density at radius 2 is 1.70 bits per heavy atom. The van der Waals surface area contributed by atoms with Crippen LogP contribution in [0.3, 0.4) is 0 Å². The molecule has 142 valence electrons. The SMILES string of the molecule is COC(=O)c1ccc(O[C@H](C)C(=O)Nc2cccc(C(C)=O)c2)c(OC)c1. The number of rotatable bonds is 7. The van der Waals surface area contributed by atoms with Gasteiger partial charge >= 0.3 is 5.97 Å². The van der Waals surface area contributed by atoms with Crippen molar-refractivity contribution in [1.82, 2.24) is 0 Å². The van der Waals surface area contributed by atoms with Crippen LogP contribution in [0.4, 0.5) is 5.69 Å². The van der Waals surface area contributed by atoms with E-state index >= 15 is 0 Å². The number of ether oxygens (including phenoxy) is 3. The summed E-state index contributed by atoms with van der Waals surface area (Å²) in [5, 5.41) is 2.70. The van der Waals surface area contributed by atoms with Gasteiger partial charge in [0.25, 0.3) is 5.91 Å². The summed E-state index contributed by atoms with van der Waals surface area (Å²) < 4.78 is 15.5. The van der Waals surface area contributed by atoms with E-state index in [0.717, 1.165) is 0 Å². The molecule has 0 aliphatic carbocycles. The lowest BCUT2D eigenvalue weighted by Crippen LogP contribution is -2.30. The highest BCUT2D eigenvalue weighted by Gasteiger charge is 2.19. The van der Waals surface area contributed by atoms with E-state index in [1.54, 1.807) is 31.2 Å². The van der Waals surface area contributed by atoms with Crippen molar-refractivity contribution in [3.05, 3.63) is 53.6 Å². The number of carbonyl (C=O) groups is 3. The maximum atomic E-state index is 12.4. The Morgan fingerprint density at radius 1 is 0.963 bits per heavy atom. The number of Topliss-reactive ketones (excluding diaryl/α,β-unsaturated/α-hetero) is 1. The van der Waals surface area contributed by atoms with E-state index < -0.39 is 18.0 Å². The molecule has 1 atom stereocenters. The molecule has 2 aromatic carbocycles. The Hall–Kier alpha value is -3.35. The third kappa shape index (κ3) is 5.07. The van der Waals surface area contributed by atoms with Crippen molar-refractivity contribution in [1.29, 1.82) is 0 Å². The average Bonchev–Trinajstić information content (AvgIpc) is 2.67. The van der Waals surface area contributed by atoms with Crippen molar-refractivity contribution in [3.8, 4) is 11.5 Å². The van der Waals surface area contributed by atoms with Gasteiger partial charge in [-0.3, -0.25) is 9.59 Å². The highest BCUT2D eigenvalue weighted by Crippen LogP contribution is 2.29. The first-order chi connectivity index (χ1) is 12.8. The Balaban J connectivity index is 2.11. The zero-order chi connectivity index (χ0) is 20.0. The van der Waals surface area contributed by atoms with E-state index in [-0.39, 0.29) is 5.78 Å². The van der Waals surface area contributed by atoms with Crippen LogP contribution in [-0.4, -0.2) is 38.0 Å². The first-order valence-electron chi connectivity index (χ1n) is 8.20. The summed E-state index contributed by atoms with van der Waals surface area (Å²) in [6.45, 7) is 3.04. The number of esters is 1. The Labute approximate surface area is 157 Å². The average molecular weight is 371 g/mol. The third-order valence-electron chi connectivity index (χ3n) is 3.79. The molecule has 0 fully saturated rings. The second-order valence-electron chi connectivity index (χ2n) is 5.74. The molecule has 0 aliphatic rings. The number of anilines is 1. The monoisotopic (exact) mass is 371 g/mol. The fourth-order valence-electron chi connectivity index (χ4n) is 2.31. The minimum Gasteiger partial charge on any atom is -0.493 e. The largest absolute Gasteiger partial charge is 0.493 e. The topological polar surface area (TPSA) is 90.9 Å². The minimum atomic E-state index is -0.844. The molecule has 2 rings (SSSR count). The van der Waals surface area contributed by atoms with Crippen molar-refractivity contribution in [2.45, 2.75) is 20.0 Å². The van der Waals surface area contributed by atoms with Gasteiger partial charge in [-0.1, -0.05) is 12.1 Å². The van der Waals surface area contributed by atoms with Gasteiger partial charge in [-0.2, -0.15) is 0 Å². The molecule has 0 radical (unpaired) electrons. The van der Waals surface area contributed by atoms with Crippen molar-refractivity contribution in [3.63, 3.8) is 0 Å². The fourth-order valence-corrected chi connectivity index (χ4v) is 2.31. The highest BCUT2D eigenvalue weighted by molar-refractivity contribution is 5.98. The normalized spacial score (nSPS) is 11.3. The molecule has 0 spiro atoms. The lowest BCUT2D eigenvalue weighted by Gasteiger charge is -2.17. The van der Waals surface area contributed by atoms with Gasteiger partial charge in [0.1, 0.15) is 0 Å². The molecule has 0 unspecified atom stereocenters. The maximum Gasteiger partial charge on any atom is 0.337 e. The molecule has 7 nitrogen and oxygen atoms in total. The van der Waals surface area contributed by atoms with E-state index in [1.807, 2.05) is 0 Å². The van der Waals surface area contributed by atoms with Gasteiger partial charge in [-0.25, -0.2) is 4.79 Å². The van der Waals surface area contributed by atoms with Crippen LogP contribution in [-0.2, 0) is 9.53 Å². The van der Waals surface area contributed by atoms with Crippen LogP contribution in [0.15, 0.2) is 42.5 Å². The molecule has 0 bridgehead atoms. The van der Waals surface area contributed by atoms with Crippen LogP contribution in [0.5, 0.6) is 11.5 Å². The predicted molar refractivity (Wildman–Crippen MR) is 99.5 cm³/mol. The summed E-state index contributed by atoms with van der Waals surface area (Å²) in [6.07, 6.45) is -0.844. The molecule has 0 aliphatic heterocycles. The first-order valence-corrected chi connectivity index (χ1v) is 8.20. The quantitative estimate of drug-likeness (QED) is 0.594. The van der Waals surface area contributed by atoms with Crippen LogP contribution in [0.2, 0.25) is 0 Å². The number of methoxy groups -OCH3 is 2. The summed E-state index contributed by atoms with van der Waals surface area (Å²) in [6, 6.07) is 11.2. The Bertz CT molecular complexity index is 861. The van der Waals surface area contributed by atoms with Gasteiger partial charge in [-0.15, -0.1) is 0 Å². The summed E-state index contributed by atoms with van der Waals surface area (Å²) in [7, 11) is 2.72. The first kappa shape index (κ1) is 20.0. The second kappa shape index (κ2) is 8.84. The smallest absolute Gasteiger partial charge is 0.337 e. The van der Waals surface area contributed by atoms with Crippen molar-refractivity contribution >= 4 is 23.3 Å². The molecule has 1 N–H and O–H groups in total. The molecule has 27 heavy (non-hydrogen) atoms. The van der Waals surface area contributed by atoms with Crippen LogP contribution in [0, 0.1) is 0 Å². The van der Waals surface area contributed by atoms with Crippen molar-refractivity contribution in [2.75, 3.05) is 19.5 Å². The zero-order valence-corrected chi connectivity index (χ0v) is 15.6. The number of hydrogen-bond acceptors (Lipinski definition) is 6. The van der Waals surface area contributed by atoms with Crippen LogP contribution in [0.25, 0.3) is 0 Å². The lowest BCUT2D eigenvalue weighted by molar-refractivity contribution is -0.122. The summed E-state index contributed by atoms with van der Waals surface area (Å²) in [4.78, 5) is 35.4. The molecule has 0 saturated carbocycles. The van der Waals surface area contributed by atoms with Gasteiger partial charge in [0.2, 0.25) is 0 Å². The van der Waals surface area contributed by atoms with E-state index in [1.165, 1.54) is 39.3 Å². The van der Waals surface area contributed by atoms with Gasteiger partial charge in [0.05, 0.1) is 19.8 Å². The number of amides is 1. The fraction of sp³-hybridized carbons (Fsp3) is 0.250. The lowest BCUT2D eigenvalue weighted by atomic mass is 10.1. The third-order valence-corrected chi connectivity index (χ3v) is 3.79. The molecule has 2 aromatic rings. The van der Waals surface area contributed by atoms with Crippen LogP contribution < -0.4 is 14.8 Å². The van der Waals surface area contributed by atoms with Crippen molar-refractivity contribution < 1.29 is 28.6 Å². The van der Waals surface area contributed by atoms with Gasteiger partial charge in [0.15, 0.2) is 23.4 Å². The predicted octanol–water partition coefficient (Wildman–Crippen LogP) is 3.09. The van der Waals surface area contributed by atoms with Crippen LogP contribution in [0.1, 0.15) is 34.6 Å². The van der Waals surface area contributed by atoms with E-state index in [4.69, 9.17) is 9.47 Å². The molecule has 0 heterocycles. The molecule has 7 heteroatoms. The molecule has 0 saturated heterocycles. The van der Waals surface area contributed by atoms with E-state index in [2.05, 4.69) is 10.1 Å². The molecular formula is C20H21NO6. The van der Waals surface area contributed by atoms with Gasteiger partial charge in [-0.05, 0) is 44.2 Å². The minimum absolute atomic E-state index is 0.0918. The number of carbonyl (C=O) groups excluding carboxylic acids is 3. The summed E-state index contributed by atoms with van der Waals surface area (Å²) in [5.41, 5.74) is 1.30.